The predicted molar refractivity (Wildman–Crippen MR) is 109 cm³/mol. The van der Waals surface area contributed by atoms with E-state index in [1.165, 1.54) is 49.0 Å². The van der Waals surface area contributed by atoms with Crippen LogP contribution in [0.15, 0.2) is 84.9 Å². The van der Waals surface area contributed by atoms with Crippen molar-refractivity contribution in [3.8, 4) is 11.1 Å². The topological polar surface area (TPSA) is 0 Å². The van der Waals surface area contributed by atoms with Gasteiger partial charge in [-0.15, -0.1) is 46.2 Å². The van der Waals surface area contributed by atoms with Crippen molar-refractivity contribution in [3.05, 3.63) is 90.5 Å². The van der Waals surface area contributed by atoms with E-state index >= 15 is 0 Å². The average molecular weight is 482 g/mol. The minimum Gasteiger partial charge on any atom is -1.00 e. The van der Waals surface area contributed by atoms with Crippen LogP contribution in [0.4, 0.5) is 0 Å². The summed E-state index contributed by atoms with van der Waals surface area (Å²) < 4.78 is 0. The van der Waals surface area contributed by atoms with E-state index in [0.29, 0.717) is 0 Å². The molecule has 0 heterocycles. The maximum Gasteiger partial charge on any atom is 3.00 e. The first-order chi connectivity index (χ1) is 12.4. The zero-order chi connectivity index (χ0) is 16.8. The summed E-state index contributed by atoms with van der Waals surface area (Å²) in [5.41, 5.74) is 4.19. The third-order valence-electron chi connectivity index (χ3n) is 5.30. The fourth-order valence-corrected chi connectivity index (χ4v) is 4.15. The SMILES string of the molecule is CCc1[cH-]c2ccccc2c1-c1cccc2ccc3ccccc3c12.[Cl-].[Cl-].[Zr+3]. The van der Waals surface area contributed by atoms with E-state index in [9.17, 15) is 0 Å². The second-order valence-corrected chi connectivity index (χ2v) is 6.68. The molecule has 0 aliphatic carbocycles. The third-order valence-corrected chi connectivity index (χ3v) is 5.30. The molecule has 0 amide bonds. The quantitative estimate of drug-likeness (QED) is 0.262. The van der Waals surface area contributed by atoms with Gasteiger partial charge in [-0.05, 0) is 28.0 Å². The largest absolute Gasteiger partial charge is 3.00 e. The van der Waals surface area contributed by atoms with Crippen molar-refractivity contribution in [2.24, 2.45) is 0 Å². The molecule has 0 bridgehead atoms. The number of benzene rings is 4. The summed E-state index contributed by atoms with van der Waals surface area (Å²) in [5.74, 6) is 0. The first kappa shape index (κ1) is 22.8. The summed E-state index contributed by atoms with van der Waals surface area (Å²) in [5, 5.41) is 8.01. The number of aryl methyl sites for hydroxylation is 1. The van der Waals surface area contributed by atoms with Crippen LogP contribution >= 0.6 is 0 Å². The molecule has 0 N–H and O–H groups in total. The van der Waals surface area contributed by atoms with Crippen LogP contribution in [0.1, 0.15) is 12.5 Å². The summed E-state index contributed by atoms with van der Waals surface area (Å²) in [4.78, 5) is 0. The first-order valence-electron chi connectivity index (χ1n) is 8.95. The maximum atomic E-state index is 2.36. The van der Waals surface area contributed by atoms with Crippen molar-refractivity contribution in [1.82, 2.24) is 0 Å². The summed E-state index contributed by atoms with van der Waals surface area (Å²) in [7, 11) is 0. The van der Waals surface area contributed by atoms with Crippen LogP contribution in [-0.4, -0.2) is 0 Å². The van der Waals surface area contributed by atoms with Crippen LogP contribution in [0, 0.1) is 0 Å². The average Bonchev–Trinajstić information content (AvgIpc) is 3.06. The van der Waals surface area contributed by atoms with E-state index in [-0.39, 0.29) is 51.0 Å². The minimum atomic E-state index is 0. The van der Waals surface area contributed by atoms with Crippen molar-refractivity contribution in [2.75, 3.05) is 0 Å². The van der Waals surface area contributed by atoms with Gasteiger partial charge in [-0.1, -0.05) is 73.2 Å². The van der Waals surface area contributed by atoms with E-state index in [1.54, 1.807) is 0 Å². The molecular weight excluding hydrogens is 462 g/mol. The monoisotopic (exact) mass is 479 g/mol. The Balaban J connectivity index is 0.000000934. The van der Waals surface area contributed by atoms with Crippen LogP contribution < -0.4 is 24.8 Å². The van der Waals surface area contributed by atoms with E-state index in [1.807, 2.05) is 0 Å². The van der Waals surface area contributed by atoms with E-state index in [4.69, 9.17) is 0 Å². The van der Waals surface area contributed by atoms with Gasteiger partial charge in [0.25, 0.3) is 0 Å². The molecule has 0 fully saturated rings. The smallest absolute Gasteiger partial charge is 1.00 e. The molecular formula is C25H19Cl2Zr. The van der Waals surface area contributed by atoms with Crippen LogP contribution in [-0.2, 0) is 32.6 Å². The molecule has 1 radical (unpaired) electrons. The van der Waals surface area contributed by atoms with E-state index in [2.05, 4.69) is 91.9 Å². The zero-order valence-corrected chi connectivity index (χ0v) is 19.5. The number of halogens is 2. The van der Waals surface area contributed by atoms with Crippen molar-refractivity contribution in [3.63, 3.8) is 0 Å². The first-order valence-corrected chi connectivity index (χ1v) is 8.95. The molecule has 28 heavy (non-hydrogen) atoms. The molecule has 5 aromatic carbocycles. The molecule has 0 aliphatic heterocycles. The molecule has 0 nitrogen and oxygen atoms in total. The van der Waals surface area contributed by atoms with E-state index < -0.39 is 0 Å². The van der Waals surface area contributed by atoms with Gasteiger partial charge < -0.3 is 24.8 Å². The molecule has 0 saturated carbocycles. The Morgan fingerprint density at radius 3 is 2.11 bits per heavy atom. The number of hydrogen-bond acceptors (Lipinski definition) is 0. The third kappa shape index (κ3) is 3.57. The molecule has 0 saturated heterocycles. The summed E-state index contributed by atoms with van der Waals surface area (Å²) >= 11 is 0. The molecule has 0 spiro atoms. The van der Waals surface area contributed by atoms with Gasteiger partial charge in [0.05, 0.1) is 0 Å². The van der Waals surface area contributed by atoms with Crippen molar-refractivity contribution < 1.29 is 51.0 Å². The molecule has 5 rings (SSSR count). The van der Waals surface area contributed by atoms with Gasteiger partial charge in [0.1, 0.15) is 0 Å². The van der Waals surface area contributed by atoms with Gasteiger partial charge >= 0.3 is 26.2 Å². The van der Waals surface area contributed by atoms with E-state index in [0.717, 1.165) is 6.42 Å². The normalized spacial score (nSPS) is 10.3. The Morgan fingerprint density at radius 1 is 0.679 bits per heavy atom. The Labute approximate surface area is 197 Å². The fourth-order valence-electron chi connectivity index (χ4n) is 4.15. The molecule has 0 aromatic heterocycles. The molecule has 0 unspecified atom stereocenters. The number of hydrogen-bond donors (Lipinski definition) is 0. The van der Waals surface area contributed by atoms with Crippen molar-refractivity contribution in [1.29, 1.82) is 0 Å². The molecule has 0 atom stereocenters. The van der Waals surface area contributed by atoms with Gasteiger partial charge in [0, 0.05) is 0 Å². The summed E-state index contributed by atoms with van der Waals surface area (Å²) in [6.45, 7) is 2.25. The maximum absolute atomic E-state index is 2.36. The number of fused-ring (bicyclic) bond motifs is 4. The van der Waals surface area contributed by atoms with Crippen molar-refractivity contribution in [2.45, 2.75) is 13.3 Å². The van der Waals surface area contributed by atoms with Crippen molar-refractivity contribution >= 4 is 32.3 Å². The van der Waals surface area contributed by atoms with Gasteiger partial charge in [0.2, 0.25) is 0 Å². The zero-order valence-electron chi connectivity index (χ0n) is 15.5. The van der Waals surface area contributed by atoms with Gasteiger partial charge in [-0.3, -0.25) is 0 Å². The Morgan fingerprint density at radius 2 is 1.32 bits per heavy atom. The molecule has 137 valence electrons. The minimum absolute atomic E-state index is 0. The van der Waals surface area contributed by atoms with Crippen LogP contribution in [0.25, 0.3) is 43.4 Å². The summed E-state index contributed by atoms with van der Waals surface area (Å²) in [6.07, 6.45) is 1.05. The Kier molecular flexibility index (Phi) is 7.57. The second kappa shape index (κ2) is 9.31. The fraction of sp³-hybridized carbons (Fsp3) is 0.0800. The van der Waals surface area contributed by atoms with Crippen LogP contribution in [0.2, 0.25) is 0 Å². The predicted octanol–water partition coefficient (Wildman–Crippen LogP) is 1.10. The number of rotatable bonds is 2. The Bertz CT molecular complexity index is 1240. The van der Waals surface area contributed by atoms with Crippen LogP contribution in [0.3, 0.4) is 0 Å². The van der Waals surface area contributed by atoms with Gasteiger partial charge in [-0.25, -0.2) is 0 Å². The van der Waals surface area contributed by atoms with Crippen LogP contribution in [0.5, 0.6) is 0 Å². The molecule has 5 aromatic rings. The molecule has 0 aliphatic rings. The molecule has 3 heteroatoms. The standard InChI is InChI=1S/C25H19.2ClH.Zr/c1-2-17-16-20-9-4-6-12-22(20)24(17)23-13-7-10-19-15-14-18-8-3-5-11-21(18)25(19)23;;;/h3-16H,2H2,1H3;2*1H;/q-1;;;+3/p-2. The van der Waals surface area contributed by atoms with Gasteiger partial charge in [-0.2, -0.15) is 0 Å². The second-order valence-electron chi connectivity index (χ2n) is 6.68. The Hall–Kier alpha value is -1.53. The van der Waals surface area contributed by atoms with Gasteiger partial charge in [0.15, 0.2) is 0 Å². The summed E-state index contributed by atoms with van der Waals surface area (Å²) in [6, 6.07) is 31.0.